The van der Waals surface area contributed by atoms with E-state index in [1.54, 1.807) is 0 Å². The summed E-state index contributed by atoms with van der Waals surface area (Å²) < 4.78 is 30.8. The standard InChI is InChI=1S/C71H139N2O7P/c1-7-10-13-16-19-22-25-28-30-32-34-35-36-37-39-41-43-46-49-52-55-58-61-64-71(75)80-69(62-59-56-53-50-47-44-27-24-21-18-15-12-9-3)68(67-79-81(76,77)78-66-65-73(4,5)6)72-70(74)63-60-57-54-51-48-45-42-40-38-33-31-29-26-23-20-17-14-11-8-2/h29,31,59,62,68-69H,7-28,30,32-58,60-61,63-67H2,1-6H3,(H-,72,74,76,77)/p+1/b31-29+,62-59+. The summed E-state index contributed by atoms with van der Waals surface area (Å²) in [6.07, 6.45) is 74.7. The summed E-state index contributed by atoms with van der Waals surface area (Å²) in [6.45, 7) is 7.08. The number of phosphoric ester groups is 1. The van der Waals surface area contributed by atoms with Crippen LogP contribution in [0.1, 0.15) is 367 Å². The number of carbonyl (C=O) groups is 2. The molecule has 0 spiro atoms. The number of nitrogens with one attached hydrogen (secondary N) is 1. The fourth-order valence-corrected chi connectivity index (χ4v) is 11.6. The third-order valence-electron chi connectivity index (χ3n) is 16.4. The minimum atomic E-state index is -4.45. The third kappa shape index (κ3) is 62.8. The van der Waals surface area contributed by atoms with E-state index in [-0.39, 0.29) is 25.1 Å². The van der Waals surface area contributed by atoms with Gasteiger partial charge in [0.1, 0.15) is 19.3 Å². The SMILES string of the molecule is CCCCCCCC/C=C/CCCCCCCCCCCC(=O)NC(COP(=O)(O)OCC[N+](C)(C)C)C(/C=C/CCCCCCCCCCCCC)OC(=O)CCCCCCCCCCCCCCCCCCCCCCCCC. The van der Waals surface area contributed by atoms with Crippen molar-refractivity contribution in [1.82, 2.24) is 5.32 Å². The maximum atomic E-state index is 13.6. The molecule has 0 aromatic carbocycles. The Morgan fingerprint density at radius 3 is 1.05 bits per heavy atom. The maximum Gasteiger partial charge on any atom is 0.472 e. The van der Waals surface area contributed by atoms with Crippen LogP contribution in [-0.2, 0) is 27.9 Å². The Labute approximate surface area is 504 Å². The number of carbonyl (C=O) groups excluding carboxylic acids is 2. The first-order valence-corrected chi connectivity index (χ1v) is 37.2. The number of amides is 1. The lowest BCUT2D eigenvalue weighted by Gasteiger charge is -2.27. The molecule has 1 amide bonds. The number of nitrogens with zero attached hydrogens (tertiary/aromatic N) is 1. The highest BCUT2D eigenvalue weighted by atomic mass is 31.2. The number of esters is 1. The molecule has 0 aliphatic rings. The lowest BCUT2D eigenvalue weighted by molar-refractivity contribution is -0.870. The molecule has 10 heteroatoms. The minimum Gasteiger partial charge on any atom is -0.456 e. The summed E-state index contributed by atoms with van der Waals surface area (Å²) in [5, 5.41) is 3.08. The van der Waals surface area contributed by atoms with Crippen LogP contribution in [0.5, 0.6) is 0 Å². The number of hydrogen-bond donors (Lipinski definition) is 2. The molecule has 81 heavy (non-hydrogen) atoms. The molecule has 0 fully saturated rings. The summed E-state index contributed by atoms with van der Waals surface area (Å²) in [5.74, 6) is -0.484. The van der Waals surface area contributed by atoms with Gasteiger partial charge in [-0.25, -0.2) is 4.57 Å². The van der Waals surface area contributed by atoms with E-state index in [0.29, 0.717) is 23.9 Å². The molecule has 2 N–H and O–H groups in total. The van der Waals surface area contributed by atoms with Gasteiger partial charge >= 0.3 is 13.8 Å². The predicted octanol–water partition coefficient (Wildman–Crippen LogP) is 22.5. The van der Waals surface area contributed by atoms with Gasteiger partial charge < -0.3 is 19.4 Å². The lowest BCUT2D eigenvalue weighted by atomic mass is 10.0. The van der Waals surface area contributed by atoms with E-state index in [0.717, 1.165) is 57.8 Å². The smallest absolute Gasteiger partial charge is 0.456 e. The first kappa shape index (κ1) is 79.5. The van der Waals surface area contributed by atoms with Crippen molar-refractivity contribution in [3.63, 3.8) is 0 Å². The van der Waals surface area contributed by atoms with Gasteiger partial charge in [0.25, 0.3) is 0 Å². The van der Waals surface area contributed by atoms with E-state index >= 15 is 0 Å². The van der Waals surface area contributed by atoms with Gasteiger partial charge in [0.15, 0.2) is 0 Å². The van der Waals surface area contributed by atoms with Crippen molar-refractivity contribution in [1.29, 1.82) is 0 Å². The van der Waals surface area contributed by atoms with E-state index in [4.69, 9.17) is 13.8 Å². The van der Waals surface area contributed by atoms with Crippen LogP contribution >= 0.6 is 7.82 Å². The zero-order chi connectivity index (χ0) is 59.3. The van der Waals surface area contributed by atoms with Crippen LogP contribution in [0.25, 0.3) is 0 Å². The number of phosphoric acid groups is 1. The van der Waals surface area contributed by atoms with Crippen molar-refractivity contribution >= 4 is 19.7 Å². The van der Waals surface area contributed by atoms with Crippen LogP contribution in [-0.4, -0.2) is 74.3 Å². The van der Waals surface area contributed by atoms with E-state index in [9.17, 15) is 19.0 Å². The van der Waals surface area contributed by atoms with Crippen molar-refractivity contribution in [2.45, 2.75) is 380 Å². The Balaban J connectivity index is 5.08. The topological polar surface area (TPSA) is 111 Å². The van der Waals surface area contributed by atoms with Crippen LogP contribution < -0.4 is 5.32 Å². The second-order valence-electron chi connectivity index (χ2n) is 25.8. The van der Waals surface area contributed by atoms with Crippen LogP contribution in [0.4, 0.5) is 0 Å². The van der Waals surface area contributed by atoms with E-state index in [1.165, 1.54) is 276 Å². The average molecular weight is 1160 g/mol. The molecule has 0 aromatic heterocycles. The summed E-state index contributed by atoms with van der Waals surface area (Å²) in [4.78, 5) is 37.9. The number of ether oxygens (including phenoxy) is 1. The lowest BCUT2D eigenvalue weighted by Crippen LogP contribution is -2.47. The maximum absolute atomic E-state index is 13.6. The predicted molar refractivity (Wildman–Crippen MR) is 351 cm³/mol. The normalized spacial score (nSPS) is 13.6. The molecule has 0 aromatic rings. The Kier molecular flexibility index (Phi) is 60.4. The highest BCUT2D eigenvalue weighted by molar-refractivity contribution is 7.47. The van der Waals surface area contributed by atoms with Gasteiger partial charge in [-0.05, 0) is 57.4 Å². The minimum absolute atomic E-state index is 0.0438. The molecule has 0 saturated carbocycles. The molecule has 0 rings (SSSR count). The van der Waals surface area contributed by atoms with Gasteiger partial charge in [-0.15, -0.1) is 0 Å². The molecular formula is C71H140N2O7P+. The first-order chi connectivity index (χ1) is 39.4. The number of allylic oxidation sites excluding steroid dienone is 3. The van der Waals surface area contributed by atoms with Crippen LogP contribution in [0, 0.1) is 0 Å². The van der Waals surface area contributed by atoms with E-state index in [2.05, 4.69) is 44.3 Å². The molecule has 0 saturated heterocycles. The summed E-state index contributed by atoms with van der Waals surface area (Å²) in [5.41, 5.74) is 0. The van der Waals surface area contributed by atoms with Crippen molar-refractivity contribution in [2.24, 2.45) is 0 Å². The zero-order valence-corrected chi connectivity index (χ0v) is 56.0. The Morgan fingerprint density at radius 1 is 0.420 bits per heavy atom. The van der Waals surface area contributed by atoms with Crippen molar-refractivity contribution in [3.8, 4) is 0 Å². The first-order valence-electron chi connectivity index (χ1n) is 35.7. The molecule has 0 aliphatic carbocycles. The monoisotopic (exact) mass is 1160 g/mol. The zero-order valence-electron chi connectivity index (χ0n) is 55.1. The van der Waals surface area contributed by atoms with E-state index in [1.807, 2.05) is 27.2 Å². The quantitative estimate of drug-likeness (QED) is 0.0205. The Morgan fingerprint density at radius 2 is 0.716 bits per heavy atom. The molecule has 0 radical (unpaired) electrons. The van der Waals surface area contributed by atoms with Crippen molar-refractivity contribution < 1.29 is 37.3 Å². The molecule has 0 heterocycles. The van der Waals surface area contributed by atoms with Crippen LogP contribution in [0.15, 0.2) is 24.3 Å². The van der Waals surface area contributed by atoms with Gasteiger partial charge in [-0.1, -0.05) is 322 Å². The second-order valence-corrected chi connectivity index (χ2v) is 27.2. The molecular weight excluding hydrogens is 1020 g/mol. The number of likely N-dealkylation sites (N-methyl/N-ethyl adjacent to an activating group) is 1. The fourth-order valence-electron chi connectivity index (χ4n) is 10.9. The molecule has 3 unspecified atom stereocenters. The molecule has 3 atom stereocenters. The third-order valence-corrected chi connectivity index (χ3v) is 17.4. The molecule has 9 nitrogen and oxygen atoms in total. The number of unbranched alkanes of at least 4 members (excludes halogenated alkanes) is 48. The van der Waals surface area contributed by atoms with Crippen molar-refractivity contribution in [2.75, 3.05) is 40.9 Å². The van der Waals surface area contributed by atoms with Gasteiger partial charge in [-0.2, -0.15) is 0 Å². The number of rotatable bonds is 66. The molecule has 0 bridgehead atoms. The summed E-state index contributed by atoms with van der Waals surface area (Å²) in [6, 6.07) is -0.845. The van der Waals surface area contributed by atoms with Crippen LogP contribution in [0.3, 0.4) is 0 Å². The Bertz CT molecular complexity index is 1430. The highest BCUT2D eigenvalue weighted by Gasteiger charge is 2.30. The highest BCUT2D eigenvalue weighted by Crippen LogP contribution is 2.43. The number of hydrogen-bond acceptors (Lipinski definition) is 6. The second kappa shape index (κ2) is 61.6. The Hall–Kier alpha value is -1.51. The van der Waals surface area contributed by atoms with Gasteiger partial charge in [0.05, 0.1) is 33.8 Å². The van der Waals surface area contributed by atoms with E-state index < -0.39 is 20.0 Å². The summed E-state index contributed by atoms with van der Waals surface area (Å²) >= 11 is 0. The van der Waals surface area contributed by atoms with Crippen molar-refractivity contribution in [3.05, 3.63) is 24.3 Å². The van der Waals surface area contributed by atoms with Gasteiger partial charge in [-0.3, -0.25) is 18.6 Å². The average Bonchev–Trinajstić information content (AvgIpc) is 3.44. The summed E-state index contributed by atoms with van der Waals surface area (Å²) in [7, 11) is 1.52. The fraction of sp³-hybridized carbons (Fsp3) is 0.915. The number of quaternary nitrogens is 1. The largest absolute Gasteiger partial charge is 0.472 e. The van der Waals surface area contributed by atoms with Gasteiger partial charge in [0, 0.05) is 12.8 Å². The molecule has 480 valence electrons. The molecule has 0 aliphatic heterocycles. The van der Waals surface area contributed by atoms with Gasteiger partial charge in [0.2, 0.25) is 5.91 Å². The van der Waals surface area contributed by atoms with Crippen LogP contribution in [0.2, 0.25) is 0 Å².